The molecule has 2 rings (SSSR count). The van der Waals surface area contributed by atoms with E-state index in [9.17, 15) is 0 Å². The first-order valence-corrected chi connectivity index (χ1v) is 9.78. The fourth-order valence-corrected chi connectivity index (χ4v) is 4.37. The molecule has 0 aromatic heterocycles. The normalized spacial score (nSPS) is 34.0. The summed E-state index contributed by atoms with van der Waals surface area (Å²) in [6.07, 6.45) is 15.7. The summed E-state index contributed by atoms with van der Waals surface area (Å²) in [5, 5.41) is 7.43. The predicted octanol–water partition coefficient (Wildman–Crippen LogP) is 4.49. The minimum absolute atomic E-state index is 0.829. The van der Waals surface area contributed by atoms with Gasteiger partial charge in [-0.25, -0.2) is 0 Å². The molecule has 124 valence electrons. The van der Waals surface area contributed by atoms with Gasteiger partial charge in [-0.15, -0.1) is 0 Å². The van der Waals surface area contributed by atoms with Crippen LogP contribution in [0.25, 0.3) is 0 Å². The Hall–Kier alpha value is -0.0800. The third kappa shape index (κ3) is 6.28. The zero-order valence-corrected chi connectivity index (χ0v) is 14.5. The Kier molecular flexibility index (Phi) is 8.10. The van der Waals surface area contributed by atoms with E-state index in [0.717, 1.165) is 23.9 Å². The third-order valence-electron chi connectivity index (χ3n) is 5.73. The second-order valence-corrected chi connectivity index (χ2v) is 7.58. The molecular weight excluding hydrogens is 256 g/mol. The molecule has 2 aliphatic rings. The maximum atomic E-state index is 3.71. The lowest BCUT2D eigenvalue weighted by Gasteiger charge is -2.34. The van der Waals surface area contributed by atoms with Gasteiger partial charge in [0.05, 0.1) is 0 Å². The van der Waals surface area contributed by atoms with Gasteiger partial charge in [-0.2, -0.15) is 0 Å². The van der Waals surface area contributed by atoms with E-state index >= 15 is 0 Å². The molecule has 2 heteroatoms. The van der Waals surface area contributed by atoms with E-state index in [1.54, 1.807) is 0 Å². The zero-order chi connectivity index (χ0) is 14.9. The molecule has 0 aromatic rings. The minimum Gasteiger partial charge on any atom is -0.314 e. The van der Waals surface area contributed by atoms with Crippen molar-refractivity contribution in [3.8, 4) is 0 Å². The number of nitrogens with one attached hydrogen (secondary N) is 2. The molecule has 0 aliphatic heterocycles. The van der Waals surface area contributed by atoms with Gasteiger partial charge in [0.25, 0.3) is 0 Å². The summed E-state index contributed by atoms with van der Waals surface area (Å²) in [5.74, 6) is 2.07. The van der Waals surface area contributed by atoms with Gasteiger partial charge in [-0.05, 0) is 95.6 Å². The lowest BCUT2D eigenvalue weighted by Crippen LogP contribution is -2.35. The minimum atomic E-state index is 0.829. The van der Waals surface area contributed by atoms with Crippen LogP contribution in [0.3, 0.4) is 0 Å². The van der Waals surface area contributed by atoms with E-state index in [1.165, 1.54) is 83.7 Å². The Morgan fingerprint density at radius 3 is 1.33 bits per heavy atom. The second kappa shape index (κ2) is 9.84. The van der Waals surface area contributed by atoms with Crippen molar-refractivity contribution in [3.05, 3.63) is 0 Å². The van der Waals surface area contributed by atoms with Crippen LogP contribution in [-0.2, 0) is 0 Å². The lowest BCUT2D eigenvalue weighted by atomic mass is 9.75. The van der Waals surface area contributed by atoms with Crippen LogP contribution >= 0.6 is 0 Å². The average Bonchev–Trinajstić information content (AvgIpc) is 2.53. The lowest BCUT2D eigenvalue weighted by molar-refractivity contribution is 0.207. The van der Waals surface area contributed by atoms with Crippen LogP contribution in [0, 0.1) is 11.8 Å². The van der Waals surface area contributed by atoms with Gasteiger partial charge in [0.1, 0.15) is 0 Å². The molecule has 0 heterocycles. The van der Waals surface area contributed by atoms with Crippen LogP contribution in [0.4, 0.5) is 0 Å². The van der Waals surface area contributed by atoms with Crippen molar-refractivity contribution in [1.29, 1.82) is 0 Å². The van der Waals surface area contributed by atoms with E-state index in [1.807, 2.05) is 0 Å². The molecule has 0 aromatic carbocycles. The molecule has 0 unspecified atom stereocenters. The van der Waals surface area contributed by atoms with Crippen LogP contribution in [0.2, 0.25) is 0 Å². The van der Waals surface area contributed by atoms with Gasteiger partial charge in [0.15, 0.2) is 0 Å². The summed E-state index contributed by atoms with van der Waals surface area (Å²) in [6.45, 7) is 6.96. The summed E-state index contributed by atoms with van der Waals surface area (Å²) in [7, 11) is 0. The van der Waals surface area contributed by atoms with Gasteiger partial charge in [0, 0.05) is 12.1 Å². The Morgan fingerprint density at radius 1 is 0.619 bits per heavy atom. The molecule has 2 saturated carbocycles. The fourth-order valence-electron chi connectivity index (χ4n) is 4.37. The third-order valence-corrected chi connectivity index (χ3v) is 5.73. The van der Waals surface area contributed by atoms with E-state index in [0.29, 0.717) is 0 Å². The highest BCUT2D eigenvalue weighted by Crippen LogP contribution is 2.35. The second-order valence-electron chi connectivity index (χ2n) is 7.58. The fraction of sp³-hybridized carbons (Fsp3) is 1.00. The smallest absolute Gasteiger partial charge is 0.00672 e. The quantitative estimate of drug-likeness (QED) is 0.689. The SMILES string of the molecule is CCCNC1CCC(CC2CCC(NCCC)CC2)CC1. The first-order chi connectivity index (χ1) is 10.3. The summed E-state index contributed by atoms with van der Waals surface area (Å²) in [6, 6.07) is 1.66. The van der Waals surface area contributed by atoms with Crippen LogP contribution in [-0.4, -0.2) is 25.2 Å². The first-order valence-electron chi connectivity index (χ1n) is 9.78. The Bertz CT molecular complexity index is 224. The molecule has 2 fully saturated rings. The molecule has 2 N–H and O–H groups in total. The highest BCUT2D eigenvalue weighted by atomic mass is 14.9. The van der Waals surface area contributed by atoms with Crippen molar-refractivity contribution in [2.45, 2.75) is 96.6 Å². The van der Waals surface area contributed by atoms with Gasteiger partial charge >= 0.3 is 0 Å². The number of hydrogen-bond acceptors (Lipinski definition) is 2. The van der Waals surface area contributed by atoms with Gasteiger partial charge in [0.2, 0.25) is 0 Å². The zero-order valence-electron chi connectivity index (χ0n) is 14.5. The van der Waals surface area contributed by atoms with Crippen LogP contribution < -0.4 is 10.6 Å². The predicted molar refractivity (Wildman–Crippen MR) is 92.7 cm³/mol. The van der Waals surface area contributed by atoms with Crippen molar-refractivity contribution in [2.75, 3.05) is 13.1 Å². The molecule has 0 radical (unpaired) electrons. The topological polar surface area (TPSA) is 24.1 Å². The monoisotopic (exact) mass is 294 g/mol. The van der Waals surface area contributed by atoms with Gasteiger partial charge < -0.3 is 10.6 Å². The molecular formula is C19H38N2. The molecule has 2 nitrogen and oxygen atoms in total. The van der Waals surface area contributed by atoms with Crippen LogP contribution in [0.15, 0.2) is 0 Å². The Labute approximate surface area is 132 Å². The Morgan fingerprint density at radius 2 is 1.00 bits per heavy atom. The number of hydrogen-bond donors (Lipinski definition) is 2. The highest BCUT2D eigenvalue weighted by Gasteiger charge is 2.26. The largest absolute Gasteiger partial charge is 0.314 e. The molecule has 0 amide bonds. The van der Waals surface area contributed by atoms with E-state index in [4.69, 9.17) is 0 Å². The number of rotatable bonds is 8. The molecule has 0 bridgehead atoms. The highest BCUT2D eigenvalue weighted by molar-refractivity contribution is 4.82. The van der Waals surface area contributed by atoms with Gasteiger partial charge in [-0.3, -0.25) is 0 Å². The van der Waals surface area contributed by atoms with E-state index in [-0.39, 0.29) is 0 Å². The van der Waals surface area contributed by atoms with Crippen molar-refractivity contribution in [3.63, 3.8) is 0 Å². The average molecular weight is 295 g/mol. The van der Waals surface area contributed by atoms with Crippen molar-refractivity contribution in [2.24, 2.45) is 11.8 Å². The van der Waals surface area contributed by atoms with E-state index < -0.39 is 0 Å². The van der Waals surface area contributed by atoms with Crippen molar-refractivity contribution < 1.29 is 0 Å². The molecule has 21 heavy (non-hydrogen) atoms. The molecule has 0 spiro atoms. The first kappa shape index (κ1) is 17.3. The van der Waals surface area contributed by atoms with Crippen LogP contribution in [0.1, 0.15) is 84.5 Å². The van der Waals surface area contributed by atoms with Gasteiger partial charge in [-0.1, -0.05) is 13.8 Å². The van der Waals surface area contributed by atoms with E-state index in [2.05, 4.69) is 24.5 Å². The maximum Gasteiger partial charge on any atom is 0.00672 e. The standard InChI is InChI=1S/C19H38N2/c1-3-13-20-18-9-5-16(6-10-18)15-17-7-11-19(12-8-17)21-14-4-2/h16-21H,3-15H2,1-2H3. The summed E-state index contributed by atoms with van der Waals surface area (Å²) < 4.78 is 0. The van der Waals surface area contributed by atoms with Crippen LogP contribution in [0.5, 0.6) is 0 Å². The Balaban J connectivity index is 1.57. The molecule has 0 saturated heterocycles. The summed E-state index contributed by atoms with van der Waals surface area (Å²) in [5.41, 5.74) is 0. The summed E-state index contributed by atoms with van der Waals surface area (Å²) in [4.78, 5) is 0. The van der Waals surface area contributed by atoms with Crippen molar-refractivity contribution in [1.82, 2.24) is 10.6 Å². The maximum absolute atomic E-state index is 3.71. The summed E-state index contributed by atoms with van der Waals surface area (Å²) >= 11 is 0. The van der Waals surface area contributed by atoms with Crippen molar-refractivity contribution >= 4 is 0 Å². The molecule has 2 aliphatic carbocycles. The molecule has 0 atom stereocenters.